The molecular formula is C23H27N5O3S2. The maximum atomic E-state index is 12.4. The van der Waals surface area contributed by atoms with Crippen molar-refractivity contribution in [1.29, 1.82) is 0 Å². The minimum Gasteiger partial charge on any atom is -0.325 e. The van der Waals surface area contributed by atoms with Crippen LogP contribution in [0.5, 0.6) is 0 Å². The molecule has 0 fully saturated rings. The van der Waals surface area contributed by atoms with Crippen molar-refractivity contribution >= 4 is 33.4 Å². The molecule has 1 amide bonds. The van der Waals surface area contributed by atoms with Gasteiger partial charge in [-0.15, -0.1) is 16.8 Å². The van der Waals surface area contributed by atoms with Gasteiger partial charge in [-0.2, -0.15) is 0 Å². The molecule has 33 heavy (non-hydrogen) atoms. The second kappa shape index (κ2) is 9.90. The minimum absolute atomic E-state index is 0.0181. The lowest BCUT2D eigenvalue weighted by molar-refractivity contribution is -0.113. The van der Waals surface area contributed by atoms with E-state index in [0.717, 1.165) is 5.56 Å². The summed E-state index contributed by atoms with van der Waals surface area (Å²) in [5.74, 6) is 0.555. The fraction of sp³-hybridized carbons (Fsp3) is 0.261. The van der Waals surface area contributed by atoms with Crippen LogP contribution >= 0.6 is 11.8 Å². The summed E-state index contributed by atoms with van der Waals surface area (Å²) in [6.45, 7) is 10.8. The molecule has 0 saturated heterocycles. The third-order valence-corrected chi connectivity index (χ3v) is 6.73. The van der Waals surface area contributed by atoms with Crippen LogP contribution in [0, 0.1) is 0 Å². The summed E-state index contributed by atoms with van der Waals surface area (Å²) in [4.78, 5) is 12.4. The van der Waals surface area contributed by atoms with Crippen molar-refractivity contribution in [3.05, 3.63) is 66.7 Å². The Kier molecular flexibility index (Phi) is 7.41. The maximum absolute atomic E-state index is 12.4. The van der Waals surface area contributed by atoms with Gasteiger partial charge in [0, 0.05) is 17.8 Å². The molecule has 1 heterocycles. The van der Waals surface area contributed by atoms with Gasteiger partial charge in [-0.1, -0.05) is 62.9 Å². The number of allylic oxidation sites excluding steroid dienone is 1. The van der Waals surface area contributed by atoms with E-state index in [1.165, 1.54) is 41.6 Å². The van der Waals surface area contributed by atoms with Crippen molar-refractivity contribution in [2.45, 2.75) is 42.8 Å². The number of amides is 1. The summed E-state index contributed by atoms with van der Waals surface area (Å²) in [7, 11) is -3.78. The van der Waals surface area contributed by atoms with E-state index >= 15 is 0 Å². The Morgan fingerprint density at radius 2 is 1.76 bits per heavy atom. The lowest BCUT2D eigenvalue weighted by Gasteiger charge is -2.19. The van der Waals surface area contributed by atoms with Crippen molar-refractivity contribution < 1.29 is 13.2 Å². The molecule has 10 heteroatoms. The number of anilines is 1. The zero-order valence-corrected chi connectivity index (χ0v) is 20.4. The minimum atomic E-state index is -3.78. The molecule has 0 saturated carbocycles. The van der Waals surface area contributed by atoms with Gasteiger partial charge in [0.2, 0.25) is 15.9 Å². The Balaban J connectivity index is 1.70. The van der Waals surface area contributed by atoms with Crippen LogP contribution in [-0.4, -0.2) is 34.8 Å². The molecule has 3 aromatic rings. The zero-order valence-electron chi connectivity index (χ0n) is 18.8. The number of thioether (sulfide) groups is 1. The summed E-state index contributed by atoms with van der Waals surface area (Å²) in [5.41, 5.74) is 2.69. The second-order valence-electron chi connectivity index (χ2n) is 8.44. The van der Waals surface area contributed by atoms with Gasteiger partial charge in [-0.3, -0.25) is 9.36 Å². The van der Waals surface area contributed by atoms with E-state index in [1.54, 1.807) is 6.08 Å². The number of carbonyl (C=O) groups excluding carboxylic acids is 1. The smallest absolute Gasteiger partial charge is 0.238 e. The molecule has 3 rings (SSSR count). The van der Waals surface area contributed by atoms with Gasteiger partial charge in [0.05, 0.1) is 10.6 Å². The molecule has 0 spiro atoms. The van der Waals surface area contributed by atoms with Gasteiger partial charge < -0.3 is 5.32 Å². The molecule has 0 unspecified atom stereocenters. The Morgan fingerprint density at radius 3 is 2.30 bits per heavy atom. The number of aromatic nitrogens is 3. The molecule has 174 valence electrons. The number of sulfonamides is 1. The number of nitrogens with zero attached hydrogens (tertiary/aromatic N) is 3. The molecule has 2 aromatic carbocycles. The van der Waals surface area contributed by atoms with Crippen molar-refractivity contribution in [3.8, 4) is 11.4 Å². The van der Waals surface area contributed by atoms with E-state index < -0.39 is 10.0 Å². The molecule has 0 bridgehead atoms. The topological polar surface area (TPSA) is 120 Å². The lowest BCUT2D eigenvalue weighted by Crippen LogP contribution is -2.15. The lowest BCUT2D eigenvalue weighted by atomic mass is 9.87. The molecule has 3 N–H and O–H groups in total. The first-order valence-corrected chi connectivity index (χ1v) is 12.7. The highest BCUT2D eigenvalue weighted by Gasteiger charge is 2.17. The molecule has 0 aliphatic heterocycles. The van der Waals surface area contributed by atoms with Gasteiger partial charge in [0.15, 0.2) is 11.0 Å². The Labute approximate surface area is 198 Å². The number of hydrogen-bond donors (Lipinski definition) is 2. The number of benzene rings is 2. The van der Waals surface area contributed by atoms with Gasteiger partial charge in [0.25, 0.3) is 0 Å². The Bertz CT molecular complexity index is 1240. The monoisotopic (exact) mass is 485 g/mol. The average Bonchev–Trinajstić information content (AvgIpc) is 3.14. The van der Waals surface area contributed by atoms with Crippen molar-refractivity contribution in [2.24, 2.45) is 5.14 Å². The van der Waals surface area contributed by atoms with Gasteiger partial charge in [0.1, 0.15) is 0 Å². The fourth-order valence-corrected chi connectivity index (χ4v) is 4.34. The van der Waals surface area contributed by atoms with Crippen LogP contribution in [0.2, 0.25) is 0 Å². The normalized spacial score (nSPS) is 11.9. The highest BCUT2D eigenvalue weighted by atomic mass is 32.2. The first-order chi connectivity index (χ1) is 15.5. The molecule has 1 aromatic heterocycles. The third-order valence-electron chi connectivity index (χ3n) is 4.84. The third kappa shape index (κ3) is 6.31. The maximum Gasteiger partial charge on any atom is 0.238 e. The largest absolute Gasteiger partial charge is 0.325 e. The Morgan fingerprint density at radius 1 is 1.12 bits per heavy atom. The molecule has 0 aliphatic carbocycles. The highest BCUT2D eigenvalue weighted by Crippen LogP contribution is 2.28. The van der Waals surface area contributed by atoms with E-state index in [9.17, 15) is 13.2 Å². The van der Waals surface area contributed by atoms with E-state index in [1.807, 2.05) is 16.7 Å². The van der Waals surface area contributed by atoms with Crippen LogP contribution in [0.15, 0.2) is 71.2 Å². The summed E-state index contributed by atoms with van der Waals surface area (Å²) < 4.78 is 24.6. The second-order valence-corrected chi connectivity index (χ2v) is 10.9. The summed E-state index contributed by atoms with van der Waals surface area (Å²) in [6, 6.07) is 13.9. The van der Waals surface area contributed by atoms with Crippen molar-refractivity contribution in [1.82, 2.24) is 14.8 Å². The van der Waals surface area contributed by atoms with E-state index in [2.05, 4.69) is 55.0 Å². The summed E-state index contributed by atoms with van der Waals surface area (Å²) >= 11 is 1.26. The predicted molar refractivity (Wildman–Crippen MR) is 132 cm³/mol. The Hall–Kier alpha value is -2.95. The number of primary sulfonamides is 1. The van der Waals surface area contributed by atoms with Gasteiger partial charge >= 0.3 is 0 Å². The van der Waals surface area contributed by atoms with Crippen LogP contribution < -0.4 is 10.5 Å². The molecular weight excluding hydrogens is 458 g/mol. The predicted octanol–water partition coefficient (Wildman–Crippen LogP) is 3.81. The number of nitrogens with two attached hydrogens (primary N) is 1. The van der Waals surface area contributed by atoms with Gasteiger partial charge in [-0.25, -0.2) is 13.6 Å². The molecule has 8 nitrogen and oxygen atoms in total. The number of hydrogen-bond acceptors (Lipinski definition) is 6. The average molecular weight is 486 g/mol. The summed E-state index contributed by atoms with van der Waals surface area (Å²) in [6.07, 6.45) is 1.76. The van der Waals surface area contributed by atoms with Crippen molar-refractivity contribution in [2.75, 3.05) is 11.1 Å². The van der Waals surface area contributed by atoms with Crippen molar-refractivity contribution in [3.63, 3.8) is 0 Å². The first-order valence-electron chi connectivity index (χ1n) is 10.2. The number of carbonyl (C=O) groups is 1. The van der Waals surface area contributed by atoms with Crippen LogP contribution in [0.1, 0.15) is 26.3 Å². The molecule has 0 radical (unpaired) electrons. The standard InChI is InChI=1S/C23H27N5O3S2/c1-5-14-28-21(16-6-8-17(9-7-16)23(2,3)4)26-27-22(28)32-15-20(29)25-18-10-12-19(13-11-18)33(24,30)31/h5-13H,1,14-15H2,2-4H3,(H,25,29)(H2,24,30,31). The van der Waals surface area contributed by atoms with E-state index in [-0.39, 0.29) is 22.0 Å². The summed E-state index contributed by atoms with van der Waals surface area (Å²) in [5, 5.41) is 17.0. The number of nitrogens with one attached hydrogen (secondary N) is 1. The number of rotatable bonds is 8. The molecule has 0 aliphatic rings. The fourth-order valence-electron chi connectivity index (χ4n) is 3.08. The van der Waals surface area contributed by atoms with E-state index in [0.29, 0.717) is 23.2 Å². The molecule has 0 atom stereocenters. The highest BCUT2D eigenvalue weighted by molar-refractivity contribution is 7.99. The van der Waals surface area contributed by atoms with Gasteiger partial charge in [-0.05, 0) is 35.2 Å². The first kappa shape index (κ1) is 24.7. The van der Waals surface area contributed by atoms with Crippen LogP contribution in [-0.2, 0) is 26.8 Å². The van der Waals surface area contributed by atoms with Crippen LogP contribution in [0.25, 0.3) is 11.4 Å². The van der Waals surface area contributed by atoms with Crippen LogP contribution in [0.4, 0.5) is 5.69 Å². The van der Waals surface area contributed by atoms with Crippen LogP contribution in [0.3, 0.4) is 0 Å². The SMILES string of the molecule is C=CCn1c(SCC(=O)Nc2ccc(S(N)(=O)=O)cc2)nnc1-c1ccc(C(C)(C)C)cc1. The quantitative estimate of drug-likeness (QED) is 0.370. The zero-order chi connectivity index (χ0) is 24.2. The van der Waals surface area contributed by atoms with E-state index in [4.69, 9.17) is 5.14 Å².